The molecule has 1 aromatic rings. The number of carbonyl (C=O) groups excluding carboxylic acids is 1. The highest BCUT2D eigenvalue weighted by Crippen LogP contribution is 2.01. The zero-order valence-electron chi connectivity index (χ0n) is 8.41. The summed E-state index contributed by atoms with van der Waals surface area (Å²) in [5.41, 5.74) is 6.23. The number of nitrogens with one attached hydrogen (secondary N) is 1. The Hall–Kier alpha value is -1.36. The largest absolute Gasteiger partial charge is 0.351 e. The molecule has 78 valence electrons. The summed E-state index contributed by atoms with van der Waals surface area (Å²) in [7, 11) is 0. The van der Waals surface area contributed by atoms with E-state index in [1.807, 2.05) is 6.92 Å². The average Bonchev–Trinajstić information content (AvgIpc) is 2.51. The van der Waals surface area contributed by atoms with Crippen molar-refractivity contribution in [2.75, 3.05) is 6.54 Å². The van der Waals surface area contributed by atoms with Gasteiger partial charge in [-0.25, -0.2) is 0 Å². The molecule has 1 rings (SSSR count). The number of nitrogens with zero attached hydrogens (tertiary/aromatic N) is 1. The number of rotatable bonds is 4. The molecule has 1 aromatic heterocycles. The molecule has 1 atom stereocenters. The van der Waals surface area contributed by atoms with Crippen molar-refractivity contribution in [3.8, 4) is 0 Å². The van der Waals surface area contributed by atoms with Crippen LogP contribution in [0.25, 0.3) is 0 Å². The Labute approximate surface area is 82.6 Å². The van der Waals surface area contributed by atoms with Gasteiger partial charge in [0, 0.05) is 18.7 Å². The van der Waals surface area contributed by atoms with Crippen LogP contribution in [0.3, 0.4) is 0 Å². The summed E-state index contributed by atoms with van der Waals surface area (Å²) < 4.78 is 4.79. The molecule has 0 fully saturated rings. The van der Waals surface area contributed by atoms with Crippen molar-refractivity contribution in [2.45, 2.75) is 26.3 Å². The molecule has 0 aromatic carbocycles. The fourth-order valence-corrected chi connectivity index (χ4v) is 0.971. The van der Waals surface area contributed by atoms with Gasteiger partial charge in [0.05, 0.1) is 5.69 Å². The molecule has 1 heterocycles. The predicted molar refractivity (Wildman–Crippen MR) is 51.8 cm³/mol. The zero-order valence-corrected chi connectivity index (χ0v) is 8.41. The first kappa shape index (κ1) is 10.7. The maximum absolute atomic E-state index is 11.4. The molecule has 0 radical (unpaired) electrons. The fourth-order valence-electron chi connectivity index (χ4n) is 0.971. The van der Waals surface area contributed by atoms with Crippen LogP contribution in [0, 0.1) is 6.92 Å². The molecule has 3 N–H and O–H groups in total. The number of hydrogen-bond donors (Lipinski definition) is 2. The quantitative estimate of drug-likeness (QED) is 0.734. The molecule has 0 aliphatic rings. The van der Waals surface area contributed by atoms with E-state index >= 15 is 0 Å². The summed E-state index contributed by atoms with van der Waals surface area (Å²) in [6.07, 6.45) is 0.749. The third-order valence-corrected chi connectivity index (χ3v) is 1.74. The smallest absolute Gasteiger partial charge is 0.289 e. The van der Waals surface area contributed by atoms with Gasteiger partial charge < -0.3 is 15.6 Å². The van der Waals surface area contributed by atoms with Gasteiger partial charge in [-0.2, -0.15) is 0 Å². The average molecular weight is 197 g/mol. The Kier molecular flexibility index (Phi) is 3.64. The van der Waals surface area contributed by atoms with Gasteiger partial charge in [0.15, 0.2) is 0 Å². The fraction of sp³-hybridized carbons (Fsp3) is 0.556. The van der Waals surface area contributed by atoms with Crippen molar-refractivity contribution in [1.82, 2.24) is 10.5 Å². The first-order chi connectivity index (χ1) is 6.59. The van der Waals surface area contributed by atoms with Crippen LogP contribution in [0.15, 0.2) is 10.6 Å². The van der Waals surface area contributed by atoms with Gasteiger partial charge in [-0.1, -0.05) is 5.16 Å². The van der Waals surface area contributed by atoms with E-state index in [4.69, 9.17) is 10.3 Å². The van der Waals surface area contributed by atoms with Gasteiger partial charge >= 0.3 is 0 Å². The van der Waals surface area contributed by atoms with Crippen molar-refractivity contribution in [3.05, 3.63) is 17.5 Å². The van der Waals surface area contributed by atoms with E-state index in [0.717, 1.165) is 6.42 Å². The molecule has 0 saturated heterocycles. The lowest BCUT2D eigenvalue weighted by molar-refractivity contribution is 0.0916. The van der Waals surface area contributed by atoms with Crippen molar-refractivity contribution in [1.29, 1.82) is 0 Å². The van der Waals surface area contributed by atoms with Crippen LogP contribution >= 0.6 is 0 Å². The Balaban J connectivity index is 2.36. The van der Waals surface area contributed by atoms with Gasteiger partial charge in [0.25, 0.3) is 5.91 Å². The minimum Gasteiger partial charge on any atom is -0.351 e. The molecule has 0 bridgehead atoms. The Bertz CT molecular complexity index is 307. The standard InChI is InChI=1S/C9H15N3O2/c1-6(10)3-4-11-9(13)8-5-7(2)12-14-8/h5-6H,3-4,10H2,1-2H3,(H,11,13). The van der Waals surface area contributed by atoms with Gasteiger partial charge in [-0.15, -0.1) is 0 Å². The van der Waals surface area contributed by atoms with Crippen LogP contribution in [0.5, 0.6) is 0 Å². The third kappa shape index (κ3) is 3.18. The highest BCUT2D eigenvalue weighted by atomic mass is 16.5. The zero-order chi connectivity index (χ0) is 10.6. The number of amides is 1. The maximum atomic E-state index is 11.4. The second-order valence-corrected chi connectivity index (χ2v) is 3.35. The van der Waals surface area contributed by atoms with Gasteiger partial charge in [0.1, 0.15) is 0 Å². The highest BCUT2D eigenvalue weighted by Gasteiger charge is 2.10. The number of hydrogen-bond acceptors (Lipinski definition) is 4. The number of carbonyl (C=O) groups is 1. The Morgan fingerprint density at radius 2 is 2.50 bits per heavy atom. The summed E-state index contributed by atoms with van der Waals surface area (Å²) in [6, 6.07) is 1.69. The minimum atomic E-state index is -0.244. The number of nitrogens with two attached hydrogens (primary N) is 1. The molecular weight excluding hydrogens is 182 g/mol. The second-order valence-electron chi connectivity index (χ2n) is 3.35. The van der Waals surface area contributed by atoms with Crippen molar-refractivity contribution < 1.29 is 9.32 Å². The molecule has 1 amide bonds. The van der Waals surface area contributed by atoms with Crippen LogP contribution in [-0.4, -0.2) is 23.7 Å². The third-order valence-electron chi connectivity index (χ3n) is 1.74. The molecule has 14 heavy (non-hydrogen) atoms. The van der Waals surface area contributed by atoms with E-state index in [2.05, 4.69) is 10.5 Å². The first-order valence-corrected chi connectivity index (χ1v) is 4.56. The topological polar surface area (TPSA) is 81.2 Å². The monoisotopic (exact) mass is 197 g/mol. The lowest BCUT2D eigenvalue weighted by Crippen LogP contribution is -2.28. The van der Waals surface area contributed by atoms with E-state index in [-0.39, 0.29) is 17.7 Å². The summed E-state index contributed by atoms with van der Waals surface area (Å²) >= 11 is 0. The normalized spacial score (nSPS) is 12.5. The van der Waals surface area contributed by atoms with E-state index < -0.39 is 0 Å². The van der Waals surface area contributed by atoms with E-state index in [9.17, 15) is 4.79 Å². The summed E-state index contributed by atoms with van der Waals surface area (Å²) in [6.45, 7) is 4.21. The summed E-state index contributed by atoms with van der Waals surface area (Å²) in [5.74, 6) is -0.00146. The highest BCUT2D eigenvalue weighted by molar-refractivity contribution is 5.91. The van der Waals surface area contributed by atoms with Crippen LogP contribution in [0.4, 0.5) is 0 Å². The Morgan fingerprint density at radius 1 is 1.79 bits per heavy atom. The van der Waals surface area contributed by atoms with Crippen LogP contribution in [0.2, 0.25) is 0 Å². The first-order valence-electron chi connectivity index (χ1n) is 4.56. The van der Waals surface area contributed by atoms with E-state index in [1.54, 1.807) is 13.0 Å². The molecule has 0 saturated carbocycles. The SMILES string of the molecule is Cc1cc(C(=O)NCCC(C)N)on1. The molecule has 1 unspecified atom stereocenters. The minimum absolute atomic E-state index is 0.0896. The lowest BCUT2D eigenvalue weighted by atomic mass is 10.2. The van der Waals surface area contributed by atoms with E-state index in [0.29, 0.717) is 12.2 Å². The number of aromatic nitrogens is 1. The number of aryl methyl sites for hydroxylation is 1. The Morgan fingerprint density at radius 3 is 3.00 bits per heavy atom. The molecule has 0 aliphatic heterocycles. The molecule has 0 spiro atoms. The van der Waals surface area contributed by atoms with Gasteiger partial charge in [-0.3, -0.25) is 4.79 Å². The van der Waals surface area contributed by atoms with Crippen molar-refractivity contribution in [3.63, 3.8) is 0 Å². The van der Waals surface area contributed by atoms with Crippen molar-refractivity contribution >= 4 is 5.91 Å². The van der Waals surface area contributed by atoms with Gasteiger partial charge in [-0.05, 0) is 20.3 Å². The molecular formula is C9H15N3O2. The molecule has 5 nitrogen and oxygen atoms in total. The van der Waals surface area contributed by atoms with Crippen LogP contribution in [0.1, 0.15) is 29.6 Å². The molecule has 5 heteroatoms. The summed E-state index contributed by atoms with van der Waals surface area (Å²) in [5, 5.41) is 6.31. The van der Waals surface area contributed by atoms with Gasteiger partial charge in [0.2, 0.25) is 5.76 Å². The maximum Gasteiger partial charge on any atom is 0.289 e. The van der Waals surface area contributed by atoms with Crippen LogP contribution in [-0.2, 0) is 0 Å². The predicted octanol–water partition coefficient (Wildman–Crippen LogP) is 0.450. The van der Waals surface area contributed by atoms with E-state index in [1.165, 1.54) is 0 Å². The lowest BCUT2D eigenvalue weighted by Gasteiger charge is -2.04. The van der Waals surface area contributed by atoms with Crippen LogP contribution < -0.4 is 11.1 Å². The summed E-state index contributed by atoms with van der Waals surface area (Å²) in [4.78, 5) is 11.4. The van der Waals surface area contributed by atoms with Crippen molar-refractivity contribution in [2.24, 2.45) is 5.73 Å². The second kappa shape index (κ2) is 4.76. The molecule has 0 aliphatic carbocycles.